The van der Waals surface area contributed by atoms with E-state index in [1.165, 1.54) is 67.0 Å². The van der Waals surface area contributed by atoms with Crippen LogP contribution in [0.5, 0.6) is 0 Å². The highest BCUT2D eigenvalue weighted by molar-refractivity contribution is 7.19. The number of aryl methyl sites for hydroxylation is 2. The van der Waals surface area contributed by atoms with Crippen molar-refractivity contribution in [1.29, 1.82) is 0 Å². The Labute approximate surface area is 176 Å². The molecule has 2 N–H and O–H groups in total. The van der Waals surface area contributed by atoms with Crippen molar-refractivity contribution in [1.82, 2.24) is 9.97 Å². The molecule has 0 spiro atoms. The monoisotopic (exact) mass is 422 g/mol. The predicted octanol–water partition coefficient (Wildman–Crippen LogP) is -5.20. The minimum absolute atomic E-state index is 0. The molecule has 1 aliphatic heterocycles. The van der Waals surface area contributed by atoms with Gasteiger partial charge in [-0.15, -0.1) is 11.3 Å². The Morgan fingerprint density at radius 2 is 1.70 bits per heavy atom. The molecule has 0 atom stereocenters. The number of fused-ring (bicyclic) bond motifs is 3. The molecular formula is C20H24Cl2N4S. The summed E-state index contributed by atoms with van der Waals surface area (Å²) in [7, 11) is 0. The zero-order valence-electron chi connectivity index (χ0n) is 15.2. The number of hydrogen-bond donors (Lipinski definition) is 2. The Hall–Kier alpha value is -1.24. The van der Waals surface area contributed by atoms with E-state index < -0.39 is 0 Å². The van der Waals surface area contributed by atoms with Crippen molar-refractivity contribution in [3.63, 3.8) is 0 Å². The fraction of sp³-hybridized carbons (Fsp3) is 0.400. The van der Waals surface area contributed by atoms with Crippen LogP contribution in [0.1, 0.15) is 22.4 Å². The zero-order chi connectivity index (χ0) is 16.6. The summed E-state index contributed by atoms with van der Waals surface area (Å²) < 4.78 is 0. The lowest BCUT2D eigenvalue weighted by Gasteiger charge is -2.29. The smallest absolute Gasteiger partial charge is 0.238 e. The van der Waals surface area contributed by atoms with Crippen molar-refractivity contribution in [3.8, 4) is 0 Å². The molecule has 4 nitrogen and oxygen atoms in total. The van der Waals surface area contributed by atoms with Crippen molar-refractivity contribution in [2.75, 3.05) is 26.2 Å². The van der Waals surface area contributed by atoms with Gasteiger partial charge in [0.1, 0.15) is 43.9 Å². The number of nitrogens with one attached hydrogen (secondary N) is 2. The fourth-order valence-electron chi connectivity index (χ4n) is 4.40. The first-order valence-electron chi connectivity index (χ1n) is 9.36. The van der Waals surface area contributed by atoms with Crippen molar-refractivity contribution in [2.24, 2.45) is 0 Å². The van der Waals surface area contributed by atoms with E-state index in [0.717, 1.165) is 6.54 Å². The van der Waals surface area contributed by atoms with Gasteiger partial charge in [0, 0.05) is 10.4 Å². The molecule has 0 amide bonds. The van der Waals surface area contributed by atoms with Crippen LogP contribution in [0.25, 0.3) is 10.2 Å². The quantitative estimate of drug-likeness (QED) is 0.442. The zero-order valence-corrected chi connectivity index (χ0v) is 17.5. The highest BCUT2D eigenvalue weighted by Crippen LogP contribution is 2.38. The Morgan fingerprint density at radius 1 is 0.926 bits per heavy atom. The van der Waals surface area contributed by atoms with Crippen molar-refractivity contribution < 1.29 is 34.6 Å². The number of thiophene rings is 1. The van der Waals surface area contributed by atoms with E-state index in [2.05, 4.69) is 35.3 Å². The lowest BCUT2D eigenvalue weighted by atomic mass is 10.1. The van der Waals surface area contributed by atoms with Crippen LogP contribution in [0.3, 0.4) is 0 Å². The van der Waals surface area contributed by atoms with Crippen molar-refractivity contribution in [3.05, 3.63) is 52.7 Å². The van der Waals surface area contributed by atoms with Gasteiger partial charge < -0.3 is 29.7 Å². The standard InChI is InChI=1S/C20H22N4S.2ClH/c1-2-5-15(6-3-1)13-23-9-11-24(12-10-23)19-18-16-7-4-8-17(16)25-20(18)22-14-21-19;;/h1-3,5-6,14H,4,7-13H2;2*1H. The Bertz CT molecular complexity index is 892. The molecular weight excluding hydrogens is 399 g/mol. The van der Waals surface area contributed by atoms with E-state index in [1.807, 2.05) is 11.3 Å². The first-order valence-corrected chi connectivity index (χ1v) is 10.2. The van der Waals surface area contributed by atoms with Gasteiger partial charge in [0.15, 0.2) is 0 Å². The average Bonchev–Trinajstić information content (AvgIpc) is 3.24. The number of quaternary nitrogens is 2. The number of aromatic nitrogens is 2. The number of halogens is 2. The first-order chi connectivity index (χ1) is 12.4. The number of piperazine rings is 1. The third-order valence-corrected chi connectivity index (χ3v) is 6.89. The van der Waals surface area contributed by atoms with Crippen LogP contribution in [0.15, 0.2) is 36.7 Å². The first kappa shape index (κ1) is 20.5. The summed E-state index contributed by atoms with van der Waals surface area (Å²) in [6, 6.07) is 10.9. The summed E-state index contributed by atoms with van der Waals surface area (Å²) >= 11 is 1.90. The van der Waals surface area contributed by atoms with Gasteiger partial charge in [-0.3, -0.25) is 4.90 Å². The second-order valence-corrected chi connectivity index (χ2v) is 8.36. The largest absolute Gasteiger partial charge is 1.00 e. The molecule has 0 radical (unpaired) electrons. The van der Waals surface area contributed by atoms with Crippen LogP contribution in [-0.4, -0.2) is 36.1 Å². The van der Waals surface area contributed by atoms with Crippen LogP contribution in [-0.2, 0) is 19.4 Å². The van der Waals surface area contributed by atoms with Crippen LogP contribution >= 0.6 is 11.3 Å². The number of nitrogens with zero attached hydrogens (tertiary/aromatic N) is 2. The van der Waals surface area contributed by atoms with Crippen LogP contribution in [0.2, 0.25) is 0 Å². The second kappa shape index (κ2) is 8.84. The van der Waals surface area contributed by atoms with Crippen molar-refractivity contribution in [2.45, 2.75) is 25.8 Å². The molecule has 27 heavy (non-hydrogen) atoms. The molecule has 144 valence electrons. The van der Waals surface area contributed by atoms with Crippen LogP contribution in [0, 0.1) is 0 Å². The normalized spacial score (nSPS) is 21.3. The molecule has 2 aromatic heterocycles. The molecule has 0 unspecified atom stereocenters. The van der Waals surface area contributed by atoms with Gasteiger partial charge in [-0.25, -0.2) is 4.98 Å². The topological polar surface area (TPSA) is 34.7 Å². The molecule has 5 rings (SSSR count). The van der Waals surface area contributed by atoms with Gasteiger partial charge in [0.25, 0.3) is 0 Å². The minimum Gasteiger partial charge on any atom is -1.00 e. The van der Waals surface area contributed by atoms with E-state index in [1.54, 1.807) is 26.6 Å². The molecule has 0 saturated carbocycles. The summed E-state index contributed by atoms with van der Waals surface area (Å²) in [5.41, 5.74) is 3.00. The maximum absolute atomic E-state index is 4.74. The summed E-state index contributed by atoms with van der Waals surface area (Å²) in [6.45, 7) is 5.89. The fourth-order valence-corrected chi connectivity index (χ4v) is 5.63. The minimum atomic E-state index is 0. The van der Waals surface area contributed by atoms with Gasteiger partial charge >= 0.3 is 0 Å². The maximum atomic E-state index is 4.74. The molecule has 3 aromatic rings. The molecule has 1 saturated heterocycles. The summed E-state index contributed by atoms with van der Waals surface area (Å²) in [5, 5.41) is 1.39. The average molecular weight is 423 g/mol. The Balaban J connectivity index is 0.00000105. The third-order valence-electron chi connectivity index (χ3n) is 5.69. The van der Waals surface area contributed by atoms with Crippen LogP contribution < -0.4 is 34.6 Å². The molecule has 2 aliphatic rings. The van der Waals surface area contributed by atoms with Gasteiger partial charge in [0.05, 0.1) is 5.39 Å². The van der Waals surface area contributed by atoms with Gasteiger partial charge in [-0.1, -0.05) is 30.3 Å². The molecule has 3 heterocycles. The Morgan fingerprint density at radius 3 is 2.48 bits per heavy atom. The molecule has 1 aromatic carbocycles. The Kier molecular flexibility index (Phi) is 6.71. The molecule has 1 fully saturated rings. The number of benzene rings is 1. The van der Waals surface area contributed by atoms with Crippen LogP contribution in [0.4, 0.5) is 5.82 Å². The van der Waals surface area contributed by atoms with Gasteiger partial charge in [-0.2, -0.15) is 4.98 Å². The molecule has 0 bridgehead atoms. The maximum Gasteiger partial charge on any atom is 0.238 e. The summed E-state index contributed by atoms with van der Waals surface area (Å²) in [6.07, 6.45) is 5.53. The summed E-state index contributed by atoms with van der Waals surface area (Å²) in [4.78, 5) is 15.3. The third kappa shape index (κ3) is 3.98. The number of hydrogen-bond acceptors (Lipinski definition) is 3. The lowest BCUT2D eigenvalue weighted by molar-refractivity contribution is -0.995. The van der Waals surface area contributed by atoms with E-state index in [9.17, 15) is 0 Å². The SMILES string of the molecule is [Cl-].[Cl-].c1ccc(C[NH+]2CC[NH+](c3ncnc4sc5c(c34)CCC5)CC2)cc1. The van der Waals surface area contributed by atoms with E-state index in [-0.39, 0.29) is 24.8 Å². The van der Waals surface area contributed by atoms with E-state index in [0.29, 0.717) is 0 Å². The van der Waals surface area contributed by atoms with E-state index >= 15 is 0 Å². The predicted molar refractivity (Wildman–Crippen MR) is 101 cm³/mol. The highest BCUT2D eigenvalue weighted by atomic mass is 35.5. The van der Waals surface area contributed by atoms with Gasteiger partial charge in [-0.05, 0) is 24.8 Å². The lowest BCUT2D eigenvalue weighted by Crippen LogP contribution is -3.25. The summed E-state index contributed by atoms with van der Waals surface area (Å²) in [5.74, 6) is 1.27. The van der Waals surface area contributed by atoms with Crippen molar-refractivity contribution >= 4 is 27.4 Å². The highest BCUT2D eigenvalue weighted by Gasteiger charge is 2.30. The van der Waals surface area contributed by atoms with Gasteiger partial charge in [0.2, 0.25) is 5.82 Å². The second-order valence-electron chi connectivity index (χ2n) is 7.28. The molecule has 1 aliphatic carbocycles. The molecule has 7 heteroatoms. The number of rotatable bonds is 3. The van der Waals surface area contributed by atoms with E-state index in [4.69, 9.17) is 4.98 Å².